The minimum absolute atomic E-state index is 0.111. The summed E-state index contributed by atoms with van der Waals surface area (Å²) in [6.07, 6.45) is 0. The number of carbonyl (C=O) groups is 1. The van der Waals surface area contributed by atoms with Crippen molar-refractivity contribution < 1.29 is 13.9 Å². The third-order valence-electron chi connectivity index (χ3n) is 2.66. The second-order valence-electron chi connectivity index (χ2n) is 4.07. The molecule has 5 heteroatoms. The van der Waals surface area contributed by atoms with Crippen LogP contribution in [0.25, 0.3) is 11.1 Å². The Balaban J connectivity index is 2.48. The molecule has 0 fully saturated rings. The average molecular weight is 313 g/mol. The number of esters is 1. The van der Waals surface area contributed by atoms with Gasteiger partial charge in [0.25, 0.3) is 0 Å². The monoisotopic (exact) mass is 312 g/mol. The van der Waals surface area contributed by atoms with Gasteiger partial charge in [-0.1, -0.05) is 29.3 Å². The maximum absolute atomic E-state index is 13.7. The van der Waals surface area contributed by atoms with E-state index in [4.69, 9.17) is 27.9 Å². The number of rotatable bonds is 3. The molecule has 0 N–H and O–H groups in total. The quantitative estimate of drug-likeness (QED) is 0.747. The number of ether oxygens (including phenoxy) is 1. The molecule has 2 aromatic carbocycles. The molecular weight excluding hydrogens is 302 g/mol. The Hall–Kier alpha value is -1.58. The van der Waals surface area contributed by atoms with E-state index in [1.54, 1.807) is 31.2 Å². The van der Waals surface area contributed by atoms with Crippen LogP contribution in [-0.2, 0) is 4.74 Å². The topological polar surface area (TPSA) is 26.3 Å². The number of hydrogen-bond acceptors (Lipinski definition) is 2. The molecule has 0 aliphatic carbocycles. The van der Waals surface area contributed by atoms with Gasteiger partial charge in [-0.25, -0.2) is 9.18 Å². The Kier molecular flexibility index (Phi) is 4.63. The lowest BCUT2D eigenvalue weighted by molar-refractivity contribution is 0.0521. The van der Waals surface area contributed by atoms with E-state index in [1.807, 2.05) is 0 Å². The van der Waals surface area contributed by atoms with Gasteiger partial charge in [0.05, 0.1) is 12.2 Å². The van der Waals surface area contributed by atoms with Crippen LogP contribution in [0, 0.1) is 5.82 Å². The molecule has 0 saturated carbocycles. The molecule has 0 atom stereocenters. The van der Waals surface area contributed by atoms with Gasteiger partial charge in [0.1, 0.15) is 5.82 Å². The zero-order valence-electron chi connectivity index (χ0n) is 10.6. The maximum atomic E-state index is 13.7. The van der Waals surface area contributed by atoms with Crippen molar-refractivity contribution in [3.05, 3.63) is 57.8 Å². The molecule has 0 aromatic heterocycles. The Morgan fingerprint density at radius 3 is 2.35 bits per heavy atom. The van der Waals surface area contributed by atoms with Crippen LogP contribution in [0.1, 0.15) is 17.3 Å². The van der Waals surface area contributed by atoms with E-state index >= 15 is 0 Å². The number of carbonyl (C=O) groups excluding carboxylic acids is 1. The van der Waals surface area contributed by atoms with Crippen LogP contribution in [0.5, 0.6) is 0 Å². The van der Waals surface area contributed by atoms with Crippen molar-refractivity contribution in [1.82, 2.24) is 0 Å². The van der Waals surface area contributed by atoms with Crippen LogP contribution < -0.4 is 0 Å². The summed E-state index contributed by atoms with van der Waals surface area (Å²) in [7, 11) is 0. The van der Waals surface area contributed by atoms with Crippen molar-refractivity contribution >= 4 is 29.2 Å². The lowest BCUT2D eigenvalue weighted by Crippen LogP contribution is -2.07. The zero-order chi connectivity index (χ0) is 14.7. The molecule has 20 heavy (non-hydrogen) atoms. The Labute approximate surface area is 126 Å². The molecule has 0 heterocycles. The van der Waals surface area contributed by atoms with Crippen LogP contribution >= 0.6 is 23.2 Å². The molecule has 0 unspecified atom stereocenters. The van der Waals surface area contributed by atoms with Crippen molar-refractivity contribution in [3.63, 3.8) is 0 Å². The highest BCUT2D eigenvalue weighted by Gasteiger charge is 2.14. The van der Waals surface area contributed by atoms with E-state index in [-0.39, 0.29) is 12.2 Å². The Morgan fingerprint density at radius 2 is 1.75 bits per heavy atom. The molecule has 0 spiro atoms. The van der Waals surface area contributed by atoms with Gasteiger partial charge in [0.15, 0.2) is 0 Å². The first-order chi connectivity index (χ1) is 9.51. The predicted octanol–water partition coefficient (Wildman–Crippen LogP) is 4.98. The van der Waals surface area contributed by atoms with Gasteiger partial charge in [-0.3, -0.25) is 0 Å². The lowest BCUT2D eigenvalue weighted by atomic mass is 10.0. The molecule has 0 aliphatic heterocycles. The van der Waals surface area contributed by atoms with Gasteiger partial charge in [-0.2, -0.15) is 0 Å². The summed E-state index contributed by atoms with van der Waals surface area (Å²) in [6.45, 7) is 1.85. The van der Waals surface area contributed by atoms with Crippen molar-refractivity contribution in [2.24, 2.45) is 0 Å². The molecule has 0 radical (unpaired) electrons. The van der Waals surface area contributed by atoms with Crippen molar-refractivity contribution in [1.29, 1.82) is 0 Å². The van der Waals surface area contributed by atoms with Gasteiger partial charge in [-0.15, -0.1) is 0 Å². The predicted molar refractivity (Wildman–Crippen MR) is 77.8 cm³/mol. The van der Waals surface area contributed by atoms with E-state index in [2.05, 4.69) is 0 Å². The normalized spacial score (nSPS) is 10.4. The van der Waals surface area contributed by atoms with Crippen molar-refractivity contribution in [2.45, 2.75) is 6.92 Å². The fourth-order valence-corrected chi connectivity index (χ4v) is 2.32. The molecule has 0 saturated heterocycles. The SMILES string of the molecule is CCOC(=O)c1cc(-c2cc(Cl)cc(Cl)c2)ccc1F. The second kappa shape index (κ2) is 6.25. The zero-order valence-corrected chi connectivity index (χ0v) is 12.1. The van der Waals surface area contributed by atoms with E-state index in [9.17, 15) is 9.18 Å². The molecule has 104 valence electrons. The number of benzene rings is 2. The van der Waals surface area contributed by atoms with Gasteiger partial charge in [0, 0.05) is 10.0 Å². The first kappa shape index (κ1) is 14.8. The Bertz CT molecular complexity index is 636. The largest absolute Gasteiger partial charge is 0.462 e. The lowest BCUT2D eigenvalue weighted by Gasteiger charge is -2.07. The van der Waals surface area contributed by atoms with Gasteiger partial charge in [-0.05, 0) is 48.4 Å². The third-order valence-corrected chi connectivity index (χ3v) is 3.09. The Morgan fingerprint density at radius 1 is 1.10 bits per heavy atom. The first-order valence-electron chi connectivity index (χ1n) is 5.94. The molecule has 2 nitrogen and oxygen atoms in total. The molecule has 0 aliphatic rings. The van der Waals surface area contributed by atoms with E-state index in [1.165, 1.54) is 12.1 Å². The van der Waals surface area contributed by atoms with E-state index in [0.717, 1.165) is 0 Å². The van der Waals surface area contributed by atoms with Gasteiger partial charge < -0.3 is 4.74 Å². The standard InChI is InChI=1S/C15H11Cl2FO2/c1-2-20-15(19)13-7-9(3-4-14(13)18)10-5-11(16)8-12(17)6-10/h3-8H,2H2,1H3. The summed E-state index contributed by atoms with van der Waals surface area (Å²) < 4.78 is 18.5. The van der Waals surface area contributed by atoms with Crippen LogP contribution in [0.4, 0.5) is 4.39 Å². The third kappa shape index (κ3) is 3.30. The summed E-state index contributed by atoms with van der Waals surface area (Å²) in [4.78, 5) is 11.7. The van der Waals surface area contributed by atoms with E-state index in [0.29, 0.717) is 21.2 Å². The number of hydrogen-bond donors (Lipinski definition) is 0. The van der Waals surface area contributed by atoms with Crippen molar-refractivity contribution in [2.75, 3.05) is 6.61 Å². The summed E-state index contributed by atoms with van der Waals surface area (Å²) in [6, 6.07) is 9.18. The van der Waals surface area contributed by atoms with Crippen molar-refractivity contribution in [3.8, 4) is 11.1 Å². The second-order valence-corrected chi connectivity index (χ2v) is 4.95. The summed E-state index contributed by atoms with van der Waals surface area (Å²) in [5.74, 6) is -1.32. The highest BCUT2D eigenvalue weighted by molar-refractivity contribution is 6.35. The molecule has 0 bridgehead atoms. The van der Waals surface area contributed by atoms with Crippen LogP contribution in [0.3, 0.4) is 0 Å². The highest BCUT2D eigenvalue weighted by atomic mass is 35.5. The van der Waals surface area contributed by atoms with Crippen LogP contribution in [0.2, 0.25) is 10.0 Å². The minimum Gasteiger partial charge on any atom is -0.462 e. The fraction of sp³-hybridized carbons (Fsp3) is 0.133. The minimum atomic E-state index is -0.694. The van der Waals surface area contributed by atoms with Crippen LogP contribution in [-0.4, -0.2) is 12.6 Å². The highest BCUT2D eigenvalue weighted by Crippen LogP contribution is 2.28. The van der Waals surface area contributed by atoms with Gasteiger partial charge in [0.2, 0.25) is 0 Å². The first-order valence-corrected chi connectivity index (χ1v) is 6.70. The number of halogens is 3. The maximum Gasteiger partial charge on any atom is 0.341 e. The molecule has 0 amide bonds. The summed E-state index contributed by atoms with van der Waals surface area (Å²) in [5.41, 5.74) is 1.23. The summed E-state index contributed by atoms with van der Waals surface area (Å²) in [5, 5.41) is 0.934. The smallest absolute Gasteiger partial charge is 0.341 e. The average Bonchev–Trinajstić information content (AvgIpc) is 2.38. The van der Waals surface area contributed by atoms with Gasteiger partial charge >= 0.3 is 5.97 Å². The van der Waals surface area contributed by atoms with E-state index < -0.39 is 11.8 Å². The van der Waals surface area contributed by atoms with Crippen LogP contribution in [0.15, 0.2) is 36.4 Å². The molecule has 2 aromatic rings. The molecule has 2 rings (SSSR count). The summed E-state index contributed by atoms with van der Waals surface area (Å²) >= 11 is 11.9. The fourth-order valence-electron chi connectivity index (χ4n) is 1.79. The molecular formula is C15H11Cl2FO2.